The highest BCUT2D eigenvalue weighted by atomic mass is 32.1. The molecule has 0 aromatic carbocycles. The molecular formula is C13H20N2O2S. The number of aliphatic carboxylic acids is 1. The lowest BCUT2D eigenvalue weighted by molar-refractivity contribution is -0.136. The van der Waals surface area contributed by atoms with Gasteiger partial charge in [-0.2, -0.15) is 0 Å². The van der Waals surface area contributed by atoms with E-state index in [4.69, 9.17) is 10.1 Å². The van der Waals surface area contributed by atoms with Gasteiger partial charge in [-0.05, 0) is 33.4 Å². The second-order valence-electron chi connectivity index (χ2n) is 5.14. The van der Waals surface area contributed by atoms with E-state index < -0.39 is 5.97 Å². The van der Waals surface area contributed by atoms with E-state index in [1.807, 2.05) is 0 Å². The average Bonchev–Trinajstić information content (AvgIpc) is 3.05. The fourth-order valence-corrected chi connectivity index (χ4v) is 3.06. The third-order valence-corrected chi connectivity index (χ3v) is 4.27. The van der Waals surface area contributed by atoms with Crippen molar-refractivity contribution in [2.45, 2.75) is 38.0 Å². The zero-order valence-electron chi connectivity index (χ0n) is 11.0. The van der Waals surface area contributed by atoms with Gasteiger partial charge in [0.25, 0.3) is 0 Å². The minimum absolute atomic E-state index is 0.217. The second kappa shape index (κ2) is 5.80. The van der Waals surface area contributed by atoms with Gasteiger partial charge in [-0.25, -0.2) is 4.98 Å². The molecule has 1 aromatic heterocycles. The number of carboxylic acids is 1. The van der Waals surface area contributed by atoms with Gasteiger partial charge in [0.1, 0.15) is 0 Å². The van der Waals surface area contributed by atoms with Crippen molar-refractivity contribution in [3.63, 3.8) is 0 Å². The minimum atomic E-state index is -0.722. The Morgan fingerprint density at radius 3 is 2.72 bits per heavy atom. The second-order valence-corrected chi connectivity index (χ2v) is 6.31. The van der Waals surface area contributed by atoms with E-state index in [9.17, 15) is 4.79 Å². The number of rotatable bonds is 7. The maximum Gasteiger partial charge on any atom is 0.303 e. The van der Waals surface area contributed by atoms with Crippen molar-refractivity contribution in [3.05, 3.63) is 15.6 Å². The number of aryl methyl sites for hydroxylation is 1. The smallest absolute Gasteiger partial charge is 0.303 e. The molecule has 18 heavy (non-hydrogen) atoms. The fourth-order valence-electron chi connectivity index (χ4n) is 1.92. The Bertz CT molecular complexity index is 425. The largest absolute Gasteiger partial charge is 0.481 e. The van der Waals surface area contributed by atoms with E-state index in [0.717, 1.165) is 18.0 Å². The lowest BCUT2D eigenvalue weighted by atomic mass is 10.2. The molecule has 0 bridgehead atoms. The zero-order valence-corrected chi connectivity index (χ0v) is 11.8. The Morgan fingerprint density at radius 1 is 1.44 bits per heavy atom. The number of thiazole rings is 1. The van der Waals surface area contributed by atoms with E-state index in [2.05, 4.69) is 19.0 Å². The van der Waals surface area contributed by atoms with Crippen molar-refractivity contribution in [2.24, 2.45) is 0 Å². The molecule has 1 heterocycles. The van der Waals surface area contributed by atoms with Crippen LogP contribution < -0.4 is 0 Å². The maximum absolute atomic E-state index is 10.7. The topological polar surface area (TPSA) is 53.4 Å². The van der Waals surface area contributed by atoms with Crippen molar-refractivity contribution >= 4 is 17.3 Å². The molecule has 1 N–H and O–H groups in total. The van der Waals surface area contributed by atoms with Gasteiger partial charge in [-0.15, -0.1) is 11.3 Å². The van der Waals surface area contributed by atoms with Crippen LogP contribution in [0.3, 0.4) is 0 Å². The predicted octanol–water partition coefficient (Wildman–Crippen LogP) is 2.14. The van der Waals surface area contributed by atoms with E-state index >= 15 is 0 Å². The Hall–Kier alpha value is -0.940. The lowest BCUT2D eigenvalue weighted by Crippen LogP contribution is -2.14. The SMILES string of the molecule is CN(C)CCc1nc(C2CC2)c(CCC(=O)O)s1. The van der Waals surface area contributed by atoms with Crippen molar-refractivity contribution < 1.29 is 9.90 Å². The molecule has 1 aromatic rings. The quantitative estimate of drug-likeness (QED) is 0.823. The summed E-state index contributed by atoms with van der Waals surface area (Å²) in [6.07, 6.45) is 4.26. The van der Waals surface area contributed by atoms with Gasteiger partial charge in [-0.1, -0.05) is 0 Å². The molecular weight excluding hydrogens is 248 g/mol. The summed E-state index contributed by atoms with van der Waals surface area (Å²) < 4.78 is 0. The molecule has 4 nitrogen and oxygen atoms in total. The van der Waals surface area contributed by atoms with Gasteiger partial charge in [0.15, 0.2) is 0 Å². The summed E-state index contributed by atoms with van der Waals surface area (Å²) >= 11 is 1.71. The fraction of sp³-hybridized carbons (Fsp3) is 0.692. The molecule has 0 unspecified atom stereocenters. The van der Waals surface area contributed by atoms with Crippen LogP contribution in [0.15, 0.2) is 0 Å². The first-order valence-corrected chi connectivity index (χ1v) is 7.23. The summed E-state index contributed by atoms with van der Waals surface area (Å²) in [5.41, 5.74) is 1.19. The molecule has 1 aliphatic rings. The average molecular weight is 268 g/mol. The molecule has 1 saturated carbocycles. The van der Waals surface area contributed by atoms with Crippen LogP contribution in [0.4, 0.5) is 0 Å². The standard InChI is InChI=1S/C13H20N2O2S/c1-15(2)8-7-11-14-13(9-3-4-9)10(18-11)5-6-12(16)17/h9H,3-8H2,1-2H3,(H,16,17). The highest BCUT2D eigenvalue weighted by Gasteiger charge is 2.29. The minimum Gasteiger partial charge on any atom is -0.481 e. The van der Waals surface area contributed by atoms with Gasteiger partial charge in [-0.3, -0.25) is 4.79 Å². The number of likely N-dealkylation sites (N-methyl/N-ethyl adjacent to an activating group) is 1. The van der Waals surface area contributed by atoms with Gasteiger partial charge in [0, 0.05) is 23.8 Å². The molecule has 0 aliphatic heterocycles. The Balaban J connectivity index is 2.03. The number of nitrogens with zero attached hydrogens (tertiary/aromatic N) is 2. The van der Waals surface area contributed by atoms with Crippen LogP contribution in [-0.4, -0.2) is 41.6 Å². The third-order valence-electron chi connectivity index (χ3n) is 3.07. The number of aromatic nitrogens is 1. The zero-order chi connectivity index (χ0) is 13.1. The molecule has 0 atom stereocenters. The van der Waals surface area contributed by atoms with E-state index in [0.29, 0.717) is 12.3 Å². The van der Waals surface area contributed by atoms with Gasteiger partial charge in [0.2, 0.25) is 0 Å². The van der Waals surface area contributed by atoms with Crippen LogP contribution in [0.5, 0.6) is 0 Å². The first-order valence-electron chi connectivity index (χ1n) is 6.41. The van der Waals surface area contributed by atoms with Crippen LogP contribution >= 0.6 is 11.3 Å². The van der Waals surface area contributed by atoms with Crippen molar-refractivity contribution in [2.75, 3.05) is 20.6 Å². The molecule has 2 rings (SSSR count). The van der Waals surface area contributed by atoms with E-state index in [-0.39, 0.29) is 6.42 Å². The number of hydrogen-bond acceptors (Lipinski definition) is 4. The Kier molecular flexibility index (Phi) is 4.35. The van der Waals surface area contributed by atoms with Crippen LogP contribution in [0.25, 0.3) is 0 Å². The Labute approximate surface area is 112 Å². The van der Waals surface area contributed by atoms with E-state index in [1.54, 1.807) is 11.3 Å². The third kappa shape index (κ3) is 3.78. The summed E-state index contributed by atoms with van der Waals surface area (Å²) in [5, 5.41) is 9.94. The highest BCUT2D eigenvalue weighted by molar-refractivity contribution is 7.11. The van der Waals surface area contributed by atoms with Gasteiger partial charge < -0.3 is 10.0 Å². The summed E-state index contributed by atoms with van der Waals surface area (Å²) in [7, 11) is 4.11. The first-order chi connectivity index (χ1) is 8.56. The van der Waals surface area contributed by atoms with Crippen molar-refractivity contribution in [3.8, 4) is 0 Å². The number of carbonyl (C=O) groups is 1. The van der Waals surface area contributed by atoms with Gasteiger partial charge >= 0.3 is 5.97 Å². The molecule has 1 fully saturated rings. The molecule has 5 heteroatoms. The highest BCUT2D eigenvalue weighted by Crippen LogP contribution is 2.43. The first kappa shape index (κ1) is 13.5. The van der Waals surface area contributed by atoms with Crippen LogP contribution in [0.2, 0.25) is 0 Å². The summed E-state index contributed by atoms with van der Waals surface area (Å²) in [6.45, 7) is 0.996. The van der Waals surface area contributed by atoms with Crippen LogP contribution in [0.1, 0.15) is 40.8 Å². The maximum atomic E-state index is 10.7. The van der Waals surface area contributed by atoms with Crippen molar-refractivity contribution in [1.29, 1.82) is 0 Å². The summed E-state index contributed by atoms with van der Waals surface area (Å²) in [5.74, 6) is -0.113. The summed E-state index contributed by atoms with van der Waals surface area (Å²) in [6, 6.07) is 0. The molecule has 0 spiro atoms. The monoisotopic (exact) mass is 268 g/mol. The molecule has 0 saturated heterocycles. The molecule has 100 valence electrons. The van der Waals surface area contributed by atoms with Gasteiger partial charge in [0.05, 0.1) is 17.1 Å². The molecule has 0 radical (unpaired) electrons. The van der Waals surface area contributed by atoms with Crippen LogP contribution in [-0.2, 0) is 17.6 Å². The Morgan fingerprint density at radius 2 is 2.17 bits per heavy atom. The molecule has 1 aliphatic carbocycles. The summed E-state index contributed by atoms with van der Waals surface area (Å²) in [4.78, 5) is 18.7. The van der Waals surface area contributed by atoms with E-state index in [1.165, 1.54) is 23.4 Å². The lowest BCUT2D eigenvalue weighted by Gasteiger charge is -2.06. The van der Waals surface area contributed by atoms with Crippen molar-refractivity contribution in [1.82, 2.24) is 9.88 Å². The van der Waals surface area contributed by atoms with Crippen LogP contribution in [0, 0.1) is 0 Å². The molecule has 0 amide bonds. The number of hydrogen-bond donors (Lipinski definition) is 1. The normalized spacial score (nSPS) is 15.3. The number of carboxylic acid groups (broad SMARTS) is 1. The predicted molar refractivity (Wildman–Crippen MR) is 72.3 cm³/mol.